The average Bonchev–Trinajstić information content (AvgIpc) is 2.91. The zero-order valence-corrected chi connectivity index (χ0v) is 11.5. The van der Waals surface area contributed by atoms with E-state index >= 15 is 0 Å². The number of non-ortho nitro benzene ring substituents is 1. The summed E-state index contributed by atoms with van der Waals surface area (Å²) in [6.45, 7) is 3.49. The Hall–Kier alpha value is -2.96. The Bertz CT molecular complexity index is 719. The van der Waals surface area contributed by atoms with Crippen LogP contribution in [0.25, 0.3) is 0 Å². The number of hydrazone groups is 1. The smallest absolute Gasteiger partial charge is 0.271 e. The standard InChI is InChI=1S/C14H13N3O4/c1-9-6-7-13(21-9)10(2)15-16-14(18)11-4-3-5-12(8-11)17(19)20/h3-8H,1-2H3,(H,16,18)/b15-10-. The zero-order chi connectivity index (χ0) is 15.4. The third-order valence-corrected chi connectivity index (χ3v) is 2.74. The normalized spacial score (nSPS) is 11.2. The van der Waals surface area contributed by atoms with Gasteiger partial charge in [-0.25, -0.2) is 5.43 Å². The number of furan rings is 1. The highest BCUT2D eigenvalue weighted by Gasteiger charge is 2.11. The molecule has 0 bridgehead atoms. The highest BCUT2D eigenvalue weighted by molar-refractivity contribution is 5.99. The third-order valence-electron chi connectivity index (χ3n) is 2.74. The van der Waals surface area contributed by atoms with Gasteiger partial charge in [0.05, 0.1) is 4.92 Å². The fourth-order valence-electron chi connectivity index (χ4n) is 1.64. The van der Waals surface area contributed by atoms with Crippen LogP contribution < -0.4 is 5.43 Å². The molecule has 0 aliphatic rings. The number of rotatable bonds is 4. The predicted octanol–water partition coefficient (Wildman–Crippen LogP) is 2.65. The first-order chi connectivity index (χ1) is 9.97. The van der Waals surface area contributed by atoms with E-state index in [1.807, 2.05) is 0 Å². The molecule has 0 aliphatic carbocycles. The SMILES string of the molecule is C/C(=N/NC(=O)c1cccc([N+](=O)[O-])c1)c1ccc(C)o1. The lowest BCUT2D eigenvalue weighted by atomic mass is 10.2. The Morgan fingerprint density at radius 1 is 1.33 bits per heavy atom. The van der Waals surface area contributed by atoms with E-state index in [0.717, 1.165) is 5.76 Å². The van der Waals surface area contributed by atoms with Gasteiger partial charge in [-0.2, -0.15) is 5.10 Å². The Morgan fingerprint density at radius 2 is 2.10 bits per heavy atom. The van der Waals surface area contributed by atoms with E-state index < -0.39 is 10.8 Å². The highest BCUT2D eigenvalue weighted by Crippen LogP contribution is 2.13. The van der Waals surface area contributed by atoms with Crippen LogP contribution in [0.3, 0.4) is 0 Å². The molecule has 0 radical (unpaired) electrons. The molecule has 0 atom stereocenters. The largest absolute Gasteiger partial charge is 0.460 e. The molecule has 0 unspecified atom stereocenters. The maximum absolute atomic E-state index is 11.9. The van der Waals surface area contributed by atoms with Gasteiger partial charge in [0.1, 0.15) is 17.2 Å². The lowest BCUT2D eigenvalue weighted by Crippen LogP contribution is -2.19. The van der Waals surface area contributed by atoms with Crippen LogP contribution in [-0.4, -0.2) is 16.5 Å². The number of hydrogen-bond donors (Lipinski definition) is 1. The topological polar surface area (TPSA) is 97.7 Å². The van der Waals surface area contributed by atoms with E-state index in [-0.39, 0.29) is 11.3 Å². The van der Waals surface area contributed by atoms with Gasteiger partial charge < -0.3 is 4.42 Å². The minimum absolute atomic E-state index is 0.148. The highest BCUT2D eigenvalue weighted by atomic mass is 16.6. The average molecular weight is 287 g/mol. The number of carbonyl (C=O) groups excluding carboxylic acids is 1. The van der Waals surface area contributed by atoms with Crippen LogP contribution in [0.15, 0.2) is 45.9 Å². The molecule has 108 valence electrons. The molecular formula is C14H13N3O4. The molecule has 21 heavy (non-hydrogen) atoms. The van der Waals surface area contributed by atoms with Crippen molar-refractivity contribution in [1.29, 1.82) is 0 Å². The summed E-state index contributed by atoms with van der Waals surface area (Å²) >= 11 is 0. The predicted molar refractivity (Wildman–Crippen MR) is 76.2 cm³/mol. The molecule has 0 spiro atoms. The molecule has 0 aliphatic heterocycles. The number of nitro benzene ring substituents is 1. The summed E-state index contributed by atoms with van der Waals surface area (Å²) in [5.41, 5.74) is 2.86. The van der Waals surface area contributed by atoms with Crippen molar-refractivity contribution < 1.29 is 14.1 Å². The molecule has 0 saturated heterocycles. The molecule has 1 aromatic heterocycles. The van der Waals surface area contributed by atoms with Crippen LogP contribution >= 0.6 is 0 Å². The van der Waals surface area contributed by atoms with Gasteiger partial charge in [-0.3, -0.25) is 14.9 Å². The van der Waals surface area contributed by atoms with E-state index in [9.17, 15) is 14.9 Å². The van der Waals surface area contributed by atoms with Crippen LogP contribution in [-0.2, 0) is 0 Å². The summed E-state index contributed by atoms with van der Waals surface area (Å²) in [6.07, 6.45) is 0. The van der Waals surface area contributed by atoms with Crippen molar-refractivity contribution in [3.05, 3.63) is 63.6 Å². The van der Waals surface area contributed by atoms with Crippen LogP contribution in [0.5, 0.6) is 0 Å². The van der Waals surface area contributed by atoms with Crippen molar-refractivity contribution in [1.82, 2.24) is 5.43 Å². The fraction of sp³-hybridized carbons (Fsp3) is 0.143. The number of carbonyl (C=O) groups is 1. The van der Waals surface area contributed by atoms with Crippen molar-refractivity contribution in [3.63, 3.8) is 0 Å². The number of hydrogen-bond acceptors (Lipinski definition) is 5. The number of nitrogens with zero attached hydrogens (tertiary/aromatic N) is 2. The Labute approximate surface area is 120 Å². The summed E-state index contributed by atoms with van der Waals surface area (Å²) in [5, 5.41) is 14.6. The molecule has 0 fully saturated rings. The van der Waals surface area contributed by atoms with Gasteiger partial charge in [0.2, 0.25) is 0 Å². The maximum atomic E-state index is 11.9. The summed E-state index contributed by atoms with van der Waals surface area (Å²) in [5.74, 6) is 0.762. The molecular weight excluding hydrogens is 274 g/mol. The third kappa shape index (κ3) is 3.53. The van der Waals surface area contributed by atoms with E-state index in [4.69, 9.17) is 4.42 Å². The van der Waals surface area contributed by atoms with Crippen LogP contribution in [0, 0.1) is 17.0 Å². The van der Waals surface area contributed by atoms with E-state index in [1.165, 1.54) is 24.3 Å². The van der Waals surface area contributed by atoms with Gasteiger partial charge in [-0.15, -0.1) is 0 Å². The molecule has 1 N–H and O–H groups in total. The second-order valence-electron chi connectivity index (χ2n) is 4.36. The summed E-state index contributed by atoms with van der Waals surface area (Å²) in [6, 6.07) is 8.96. The summed E-state index contributed by atoms with van der Waals surface area (Å²) in [7, 11) is 0. The van der Waals surface area contributed by atoms with Crippen molar-refractivity contribution in [3.8, 4) is 0 Å². The summed E-state index contributed by atoms with van der Waals surface area (Å²) < 4.78 is 5.36. The lowest BCUT2D eigenvalue weighted by Gasteiger charge is -2.01. The van der Waals surface area contributed by atoms with Crippen molar-refractivity contribution in [2.24, 2.45) is 5.10 Å². The number of nitrogens with one attached hydrogen (secondary N) is 1. The molecule has 1 heterocycles. The molecule has 2 rings (SSSR count). The van der Waals surface area contributed by atoms with E-state index in [2.05, 4.69) is 10.5 Å². The lowest BCUT2D eigenvalue weighted by molar-refractivity contribution is -0.384. The zero-order valence-electron chi connectivity index (χ0n) is 11.5. The Balaban J connectivity index is 2.11. The first-order valence-corrected chi connectivity index (χ1v) is 6.13. The molecule has 7 heteroatoms. The van der Waals surface area contributed by atoms with Crippen LogP contribution in [0.4, 0.5) is 5.69 Å². The second kappa shape index (κ2) is 6.00. The fourth-order valence-corrected chi connectivity index (χ4v) is 1.64. The van der Waals surface area contributed by atoms with Crippen molar-refractivity contribution in [2.75, 3.05) is 0 Å². The summed E-state index contributed by atoms with van der Waals surface area (Å²) in [4.78, 5) is 22.0. The number of amides is 1. The van der Waals surface area contributed by atoms with Gasteiger partial charge in [0.25, 0.3) is 11.6 Å². The van der Waals surface area contributed by atoms with Gasteiger partial charge in [0, 0.05) is 17.7 Å². The van der Waals surface area contributed by atoms with E-state index in [0.29, 0.717) is 11.5 Å². The molecule has 0 saturated carbocycles. The second-order valence-corrected chi connectivity index (χ2v) is 4.36. The van der Waals surface area contributed by atoms with Crippen molar-refractivity contribution in [2.45, 2.75) is 13.8 Å². The van der Waals surface area contributed by atoms with Gasteiger partial charge in [-0.1, -0.05) is 6.07 Å². The molecule has 1 aromatic carbocycles. The minimum atomic E-state index is -0.559. The molecule has 7 nitrogen and oxygen atoms in total. The first kappa shape index (κ1) is 14.4. The number of nitro groups is 1. The van der Waals surface area contributed by atoms with Crippen LogP contribution in [0.2, 0.25) is 0 Å². The first-order valence-electron chi connectivity index (χ1n) is 6.13. The van der Waals surface area contributed by atoms with Gasteiger partial charge in [0.15, 0.2) is 0 Å². The van der Waals surface area contributed by atoms with E-state index in [1.54, 1.807) is 26.0 Å². The van der Waals surface area contributed by atoms with Crippen LogP contribution in [0.1, 0.15) is 28.8 Å². The Kier molecular flexibility index (Phi) is 4.13. The molecule has 2 aromatic rings. The number of aryl methyl sites for hydroxylation is 1. The number of benzene rings is 1. The Morgan fingerprint density at radius 3 is 2.71 bits per heavy atom. The van der Waals surface area contributed by atoms with Gasteiger partial charge in [-0.05, 0) is 32.0 Å². The maximum Gasteiger partial charge on any atom is 0.271 e. The van der Waals surface area contributed by atoms with Crippen molar-refractivity contribution >= 4 is 17.3 Å². The minimum Gasteiger partial charge on any atom is -0.460 e. The molecule has 1 amide bonds. The monoisotopic (exact) mass is 287 g/mol. The van der Waals surface area contributed by atoms with Gasteiger partial charge >= 0.3 is 0 Å². The quantitative estimate of drug-likeness (QED) is 0.531.